The Morgan fingerprint density at radius 1 is 1.00 bits per heavy atom. The lowest BCUT2D eigenvalue weighted by Gasteiger charge is -2.28. The molecule has 7 nitrogen and oxygen atoms in total. The lowest BCUT2D eigenvalue weighted by molar-refractivity contribution is -0.897. The molecule has 0 saturated carbocycles. The first-order valence-electron chi connectivity index (χ1n) is 10.4. The van der Waals surface area contributed by atoms with E-state index in [1.807, 2.05) is 32.0 Å². The highest BCUT2D eigenvalue weighted by molar-refractivity contribution is 5.93. The zero-order chi connectivity index (χ0) is 21.1. The fourth-order valence-corrected chi connectivity index (χ4v) is 4.06. The Kier molecular flexibility index (Phi) is 5.90. The van der Waals surface area contributed by atoms with Gasteiger partial charge in [-0.3, -0.25) is 9.59 Å². The Balaban J connectivity index is 1.24. The molecule has 1 saturated heterocycles. The summed E-state index contributed by atoms with van der Waals surface area (Å²) < 4.78 is 10.7. The largest absolute Gasteiger partial charge is 0.454 e. The lowest BCUT2D eigenvalue weighted by atomic mass is 9.95. The average Bonchev–Trinajstić information content (AvgIpc) is 3.18. The third-order valence-electron chi connectivity index (χ3n) is 5.77. The summed E-state index contributed by atoms with van der Waals surface area (Å²) in [5.41, 5.74) is 3.82. The first-order valence-corrected chi connectivity index (χ1v) is 10.4. The van der Waals surface area contributed by atoms with Gasteiger partial charge in [-0.2, -0.15) is 0 Å². The summed E-state index contributed by atoms with van der Waals surface area (Å²) in [7, 11) is 0. The zero-order valence-electron chi connectivity index (χ0n) is 17.4. The maximum atomic E-state index is 12.6. The summed E-state index contributed by atoms with van der Waals surface area (Å²) in [6.45, 7) is 6.28. The number of carbonyl (C=O) groups is 2. The number of quaternary nitrogens is 1. The van der Waals surface area contributed by atoms with Crippen molar-refractivity contribution in [1.29, 1.82) is 0 Å². The molecule has 0 aromatic heterocycles. The van der Waals surface area contributed by atoms with Gasteiger partial charge in [0, 0.05) is 36.2 Å². The number of rotatable bonds is 5. The van der Waals surface area contributed by atoms with Crippen molar-refractivity contribution in [1.82, 2.24) is 0 Å². The van der Waals surface area contributed by atoms with Gasteiger partial charge in [-0.1, -0.05) is 17.7 Å². The molecule has 2 aliphatic rings. The Morgan fingerprint density at radius 3 is 2.53 bits per heavy atom. The van der Waals surface area contributed by atoms with E-state index in [4.69, 9.17) is 9.47 Å². The molecule has 3 N–H and O–H groups in total. The molecule has 2 aromatic carbocycles. The summed E-state index contributed by atoms with van der Waals surface area (Å²) in [4.78, 5) is 26.3. The Bertz CT molecular complexity index is 951. The molecule has 2 aliphatic heterocycles. The van der Waals surface area contributed by atoms with Crippen LogP contribution in [-0.4, -0.2) is 38.2 Å². The molecule has 158 valence electrons. The van der Waals surface area contributed by atoms with Gasteiger partial charge in [-0.15, -0.1) is 0 Å². The molecular weight excluding hydrogens is 382 g/mol. The maximum absolute atomic E-state index is 12.6. The number of benzene rings is 2. The van der Waals surface area contributed by atoms with Crippen LogP contribution in [0.5, 0.6) is 11.5 Å². The second kappa shape index (κ2) is 8.75. The van der Waals surface area contributed by atoms with Crippen LogP contribution in [0.4, 0.5) is 11.4 Å². The van der Waals surface area contributed by atoms with E-state index >= 15 is 0 Å². The lowest BCUT2D eigenvalue weighted by Crippen LogP contribution is -3.14. The second-order valence-electron chi connectivity index (χ2n) is 8.12. The fraction of sp³-hybridized carbons (Fsp3) is 0.391. The first kappa shape index (κ1) is 20.2. The highest BCUT2D eigenvalue weighted by Crippen LogP contribution is 2.34. The van der Waals surface area contributed by atoms with E-state index in [0.29, 0.717) is 23.7 Å². The van der Waals surface area contributed by atoms with Crippen molar-refractivity contribution in [2.75, 3.05) is 37.1 Å². The number of aryl methyl sites for hydroxylation is 2. The molecule has 0 aliphatic carbocycles. The van der Waals surface area contributed by atoms with Crippen molar-refractivity contribution in [3.8, 4) is 11.5 Å². The van der Waals surface area contributed by atoms with Crippen LogP contribution in [0.25, 0.3) is 0 Å². The predicted molar refractivity (Wildman–Crippen MR) is 114 cm³/mol. The summed E-state index contributed by atoms with van der Waals surface area (Å²) in [5, 5.41) is 5.99. The first-order chi connectivity index (χ1) is 14.5. The monoisotopic (exact) mass is 410 g/mol. The number of likely N-dealkylation sites (tertiary alicyclic amines) is 1. The number of hydrogen-bond donors (Lipinski definition) is 3. The molecule has 7 heteroatoms. The van der Waals surface area contributed by atoms with Crippen LogP contribution >= 0.6 is 0 Å². The number of piperidine rings is 1. The van der Waals surface area contributed by atoms with E-state index in [9.17, 15) is 9.59 Å². The highest BCUT2D eigenvalue weighted by atomic mass is 16.7. The van der Waals surface area contributed by atoms with Gasteiger partial charge in [0.1, 0.15) is 0 Å². The van der Waals surface area contributed by atoms with E-state index in [-0.39, 0.29) is 24.5 Å². The molecule has 1 fully saturated rings. The van der Waals surface area contributed by atoms with Crippen LogP contribution < -0.4 is 25.0 Å². The van der Waals surface area contributed by atoms with E-state index in [2.05, 4.69) is 16.7 Å². The predicted octanol–water partition coefficient (Wildman–Crippen LogP) is 1.90. The van der Waals surface area contributed by atoms with Crippen LogP contribution in [0.3, 0.4) is 0 Å². The number of fused-ring (bicyclic) bond motifs is 1. The summed E-state index contributed by atoms with van der Waals surface area (Å²) >= 11 is 0. The van der Waals surface area contributed by atoms with Crippen LogP contribution in [0, 0.1) is 19.8 Å². The molecule has 0 bridgehead atoms. The van der Waals surface area contributed by atoms with Crippen LogP contribution in [-0.2, 0) is 9.59 Å². The van der Waals surface area contributed by atoms with Gasteiger partial charge in [0.15, 0.2) is 18.0 Å². The second-order valence-corrected chi connectivity index (χ2v) is 8.12. The van der Waals surface area contributed by atoms with Gasteiger partial charge in [-0.05, 0) is 37.6 Å². The minimum absolute atomic E-state index is 0.0141. The zero-order valence-corrected chi connectivity index (χ0v) is 17.4. The smallest absolute Gasteiger partial charge is 0.279 e. The Morgan fingerprint density at radius 2 is 1.77 bits per heavy atom. The van der Waals surface area contributed by atoms with Crippen molar-refractivity contribution in [2.24, 2.45) is 5.92 Å². The summed E-state index contributed by atoms with van der Waals surface area (Å²) in [5.74, 6) is 1.35. The minimum Gasteiger partial charge on any atom is -0.454 e. The molecule has 2 amide bonds. The number of anilines is 2. The van der Waals surface area contributed by atoms with Crippen molar-refractivity contribution in [2.45, 2.75) is 26.7 Å². The molecule has 30 heavy (non-hydrogen) atoms. The molecule has 0 spiro atoms. The Labute approximate surface area is 176 Å². The van der Waals surface area contributed by atoms with Gasteiger partial charge >= 0.3 is 0 Å². The molecule has 2 heterocycles. The fourth-order valence-electron chi connectivity index (χ4n) is 4.06. The van der Waals surface area contributed by atoms with E-state index in [1.165, 1.54) is 10.5 Å². The van der Waals surface area contributed by atoms with Gasteiger partial charge in [0.2, 0.25) is 12.7 Å². The van der Waals surface area contributed by atoms with Crippen molar-refractivity contribution < 1.29 is 24.0 Å². The topological polar surface area (TPSA) is 81.1 Å². The van der Waals surface area contributed by atoms with Gasteiger partial charge in [0.25, 0.3) is 5.91 Å². The molecule has 2 aromatic rings. The number of carbonyl (C=O) groups excluding carboxylic acids is 2. The molecular formula is C23H28N3O4+. The van der Waals surface area contributed by atoms with Crippen molar-refractivity contribution in [3.63, 3.8) is 0 Å². The van der Waals surface area contributed by atoms with Gasteiger partial charge in [-0.25, -0.2) is 0 Å². The van der Waals surface area contributed by atoms with E-state index in [1.54, 1.807) is 12.1 Å². The number of amides is 2. The van der Waals surface area contributed by atoms with E-state index < -0.39 is 0 Å². The van der Waals surface area contributed by atoms with Gasteiger partial charge in [0.05, 0.1) is 13.1 Å². The van der Waals surface area contributed by atoms with Crippen LogP contribution in [0.15, 0.2) is 36.4 Å². The van der Waals surface area contributed by atoms with Crippen molar-refractivity contribution >= 4 is 23.2 Å². The van der Waals surface area contributed by atoms with Crippen LogP contribution in [0.2, 0.25) is 0 Å². The minimum atomic E-state index is -0.0402. The molecule has 0 unspecified atom stereocenters. The van der Waals surface area contributed by atoms with Gasteiger partial charge < -0.3 is 25.0 Å². The SMILES string of the molecule is Cc1ccc(NC(=O)C[NH+]2CCC(C(=O)Nc3ccc4c(c3)OCO4)CC2)c(C)c1. The number of nitrogens with one attached hydrogen (secondary N) is 3. The van der Waals surface area contributed by atoms with E-state index in [0.717, 1.165) is 37.2 Å². The number of hydrogen-bond acceptors (Lipinski definition) is 4. The maximum Gasteiger partial charge on any atom is 0.279 e. The molecule has 4 rings (SSSR count). The standard InChI is InChI=1S/C23H27N3O4/c1-15-3-5-19(16(2)11-15)25-22(27)13-26-9-7-17(8-10-26)23(28)24-18-4-6-20-21(12-18)30-14-29-20/h3-6,11-12,17H,7-10,13-14H2,1-2H3,(H,24,28)(H,25,27)/p+1. The molecule has 0 radical (unpaired) electrons. The quantitative estimate of drug-likeness (QED) is 0.703. The Hall–Kier alpha value is -3.06. The third kappa shape index (κ3) is 4.74. The average molecular weight is 410 g/mol. The summed E-state index contributed by atoms with van der Waals surface area (Å²) in [6, 6.07) is 11.4. The normalized spacial score (nSPS) is 19.9. The summed E-state index contributed by atoms with van der Waals surface area (Å²) in [6.07, 6.45) is 1.53. The third-order valence-corrected chi connectivity index (χ3v) is 5.77. The van der Waals surface area contributed by atoms with Crippen molar-refractivity contribution in [3.05, 3.63) is 47.5 Å². The number of ether oxygens (including phenoxy) is 2. The van der Waals surface area contributed by atoms with Crippen LogP contribution in [0.1, 0.15) is 24.0 Å². The highest BCUT2D eigenvalue weighted by Gasteiger charge is 2.29. The molecule has 0 atom stereocenters.